The first-order chi connectivity index (χ1) is 6.99. The second-order valence-corrected chi connectivity index (χ2v) is 7.29. The molecule has 0 bridgehead atoms. The lowest BCUT2D eigenvalue weighted by Crippen LogP contribution is -2.33. The number of halogens is 1. The highest BCUT2D eigenvalue weighted by Gasteiger charge is 2.22. The maximum Gasteiger partial charge on any atom is 0.214 e. The van der Waals surface area contributed by atoms with Gasteiger partial charge < -0.3 is 4.74 Å². The van der Waals surface area contributed by atoms with E-state index in [1.54, 1.807) is 0 Å². The van der Waals surface area contributed by atoms with Crippen molar-refractivity contribution in [3.8, 4) is 0 Å². The van der Waals surface area contributed by atoms with Crippen LogP contribution in [0.4, 0.5) is 0 Å². The normalized spacial score (nSPS) is 24.3. The summed E-state index contributed by atoms with van der Waals surface area (Å²) in [6.07, 6.45) is 2.52. The van der Waals surface area contributed by atoms with E-state index >= 15 is 0 Å². The molecule has 0 aromatic rings. The topological polar surface area (TPSA) is 55.4 Å². The van der Waals surface area contributed by atoms with E-state index in [1.165, 1.54) is 0 Å². The van der Waals surface area contributed by atoms with Gasteiger partial charge in [0.05, 0.1) is 11.9 Å². The van der Waals surface area contributed by atoms with Crippen molar-refractivity contribution < 1.29 is 13.2 Å². The summed E-state index contributed by atoms with van der Waals surface area (Å²) in [6, 6.07) is 0. The van der Waals surface area contributed by atoms with Gasteiger partial charge >= 0.3 is 0 Å². The first-order valence-electron chi connectivity index (χ1n) is 5.22. The third kappa shape index (κ3) is 5.85. The van der Waals surface area contributed by atoms with Crippen molar-refractivity contribution in [1.29, 1.82) is 0 Å². The van der Waals surface area contributed by atoms with Crippen molar-refractivity contribution >= 4 is 26.0 Å². The van der Waals surface area contributed by atoms with Crippen molar-refractivity contribution in [3.05, 3.63) is 0 Å². The number of hydrogen-bond donors (Lipinski definition) is 1. The predicted octanol–water partition coefficient (Wildman–Crippen LogP) is 1.26. The molecular formula is C9H18BrNO3S. The molecule has 15 heavy (non-hydrogen) atoms. The Morgan fingerprint density at radius 2 is 2.33 bits per heavy atom. The molecule has 4 nitrogen and oxygen atoms in total. The van der Waals surface area contributed by atoms with Crippen molar-refractivity contribution in [2.45, 2.75) is 37.1 Å². The van der Waals surface area contributed by atoms with Gasteiger partial charge in [-0.25, -0.2) is 13.1 Å². The second kappa shape index (κ2) is 6.18. The van der Waals surface area contributed by atoms with E-state index < -0.39 is 10.0 Å². The van der Waals surface area contributed by atoms with Crippen LogP contribution >= 0.6 is 15.9 Å². The summed E-state index contributed by atoms with van der Waals surface area (Å²) in [5.41, 5.74) is 0. The van der Waals surface area contributed by atoms with Gasteiger partial charge in [-0.05, 0) is 19.3 Å². The fourth-order valence-electron chi connectivity index (χ4n) is 1.49. The first-order valence-corrected chi connectivity index (χ1v) is 7.79. The molecule has 1 fully saturated rings. The minimum atomic E-state index is -3.16. The molecule has 2 unspecified atom stereocenters. The first kappa shape index (κ1) is 13.4. The van der Waals surface area contributed by atoms with Crippen LogP contribution in [0.3, 0.4) is 0 Å². The van der Waals surface area contributed by atoms with E-state index in [0.29, 0.717) is 18.0 Å². The Balaban J connectivity index is 2.25. The summed E-state index contributed by atoms with van der Waals surface area (Å²) in [7, 11) is -3.16. The van der Waals surface area contributed by atoms with Crippen LogP contribution in [0.25, 0.3) is 0 Å². The predicted molar refractivity (Wildman–Crippen MR) is 63.8 cm³/mol. The molecule has 0 saturated carbocycles. The molecule has 2 atom stereocenters. The van der Waals surface area contributed by atoms with Crippen molar-refractivity contribution in [2.24, 2.45) is 0 Å². The van der Waals surface area contributed by atoms with Crippen LogP contribution in [0, 0.1) is 0 Å². The molecule has 6 heteroatoms. The van der Waals surface area contributed by atoms with Gasteiger partial charge in [-0.1, -0.05) is 22.9 Å². The Labute approximate surface area is 99.9 Å². The van der Waals surface area contributed by atoms with E-state index in [1.807, 2.05) is 6.92 Å². The molecule has 0 aromatic heterocycles. The molecule has 1 saturated heterocycles. The average Bonchev–Trinajstić information content (AvgIpc) is 2.54. The lowest BCUT2D eigenvalue weighted by atomic mass is 10.3. The van der Waals surface area contributed by atoms with E-state index in [2.05, 4.69) is 20.7 Å². The summed E-state index contributed by atoms with van der Waals surface area (Å²) in [5.74, 6) is 0.101. The minimum absolute atomic E-state index is 0.101. The third-order valence-corrected chi connectivity index (χ3v) is 4.21. The Kier molecular flexibility index (Phi) is 5.52. The van der Waals surface area contributed by atoms with Gasteiger partial charge in [-0.3, -0.25) is 0 Å². The van der Waals surface area contributed by atoms with Gasteiger partial charge in [0, 0.05) is 18.0 Å². The Morgan fingerprint density at radius 3 is 2.87 bits per heavy atom. The molecule has 0 aliphatic carbocycles. The maximum atomic E-state index is 11.6. The smallest absolute Gasteiger partial charge is 0.214 e. The molecule has 1 heterocycles. The molecular weight excluding hydrogens is 282 g/mol. The largest absolute Gasteiger partial charge is 0.377 e. The van der Waals surface area contributed by atoms with Crippen LogP contribution in [-0.2, 0) is 14.8 Å². The Hall–Kier alpha value is 0.350. The quantitative estimate of drug-likeness (QED) is 0.751. The summed E-state index contributed by atoms with van der Waals surface area (Å²) in [5, 5.41) is 0. The lowest BCUT2D eigenvalue weighted by molar-refractivity contribution is 0.127. The van der Waals surface area contributed by atoms with Crippen molar-refractivity contribution in [1.82, 2.24) is 4.72 Å². The molecule has 0 radical (unpaired) electrons. The summed E-state index contributed by atoms with van der Waals surface area (Å²) < 4.78 is 31.0. The number of rotatable bonds is 6. The van der Waals surface area contributed by atoms with E-state index in [-0.39, 0.29) is 11.9 Å². The molecule has 1 rings (SSSR count). The zero-order valence-electron chi connectivity index (χ0n) is 8.91. The molecule has 0 spiro atoms. The highest BCUT2D eigenvalue weighted by atomic mass is 79.9. The van der Waals surface area contributed by atoms with Gasteiger partial charge in [-0.15, -0.1) is 0 Å². The summed E-state index contributed by atoms with van der Waals surface area (Å²) >= 11 is 3.37. The highest BCUT2D eigenvalue weighted by Crippen LogP contribution is 2.13. The molecule has 1 aliphatic rings. The van der Waals surface area contributed by atoms with Crippen LogP contribution in [0.2, 0.25) is 0 Å². The van der Waals surface area contributed by atoms with Crippen molar-refractivity contribution in [3.63, 3.8) is 0 Å². The highest BCUT2D eigenvalue weighted by molar-refractivity contribution is 9.09. The van der Waals surface area contributed by atoms with E-state index in [9.17, 15) is 8.42 Å². The lowest BCUT2D eigenvalue weighted by Gasteiger charge is -2.11. The second-order valence-electron chi connectivity index (χ2n) is 3.88. The SMILES string of the molecule is CC(Br)CCNS(=O)(=O)CC1CCCO1. The maximum absolute atomic E-state index is 11.6. The standard InChI is InChI=1S/C9H18BrNO3S/c1-8(10)4-5-11-15(12,13)7-9-3-2-6-14-9/h8-9,11H,2-7H2,1H3. The van der Waals surface area contributed by atoms with E-state index in [4.69, 9.17) is 4.74 Å². The van der Waals surface area contributed by atoms with Gasteiger partial charge in [0.1, 0.15) is 0 Å². The monoisotopic (exact) mass is 299 g/mol. The van der Waals surface area contributed by atoms with Gasteiger partial charge in [0.2, 0.25) is 10.0 Å². The molecule has 0 amide bonds. The fraction of sp³-hybridized carbons (Fsp3) is 1.00. The molecule has 0 aromatic carbocycles. The third-order valence-electron chi connectivity index (χ3n) is 2.29. The molecule has 1 N–H and O–H groups in total. The van der Waals surface area contributed by atoms with Crippen LogP contribution < -0.4 is 4.72 Å². The van der Waals surface area contributed by atoms with Crippen LogP contribution in [-0.4, -0.2) is 38.3 Å². The fourth-order valence-corrected chi connectivity index (χ4v) is 3.02. The number of sulfonamides is 1. The summed E-state index contributed by atoms with van der Waals surface area (Å²) in [4.78, 5) is 0.336. The number of alkyl halides is 1. The van der Waals surface area contributed by atoms with Crippen molar-refractivity contribution in [2.75, 3.05) is 18.9 Å². The van der Waals surface area contributed by atoms with Crippen LogP contribution in [0.5, 0.6) is 0 Å². The van der Waals surface area contributed by atoms with Gasteiger partial charge in [-0.2, -0.15) is 0 Å². The minimum Gasteiger partial charge on any atom is -0.377 e. The number of ether oxygens (including phenoxy) is 1. The zero-order chi connectivity index (χ0) is 11.3. The number of nitrogens with one attached hydrogen (secondary N) is 1. The zero-order valence-corrected chi connectivity index (χ0v) is 11.3. The Bertz CT molecular complexity index is 273. The Morgan fingerprint density at radius 1 is 1.60 bits per heavy atom. The molecule has 1 aliphatic heterocycles. The van der Waals surface area contributed by atoms with Crippen LogP contribution in [0.1, 0.15) is 26.2 Å². The average molecular weight is 300 g/mol. The number of hydrogen-bond acceptors (Lipinski definition) is 3. The van der Waals surface area contributed by atoms with E-state index in [0.717, 1.165) is 19.3 Å². The molecule has 90 valence electrons. The van der Waals surface area contributed by atoms with Gasteiger partial charge in [0.25, 0.3) is 0 Å². The summed E-state index contributed by atoms with van der Waals surface area (Å²) in [6.45, 7) is 3.18. The van der Waals surface area contributed by atoms with Gasteiger partial charge in [0.15, 0.2) is 0 Å². The van der Waals surface area contributed by atoms with Crippen LogP contribution in [0.15, 0.2) is 0 Å².